The fraction of sp³-hybridized carbons (Fsp3) is 0.235. The number of hydrogen-bond acceptors (Lipinski definition) is 5. The van der Waals surface area contributed by atoms with Crippen LogP contribution in [0.1, 0.15) is 34.6 Å². The molecule has 1 amide bonds. The molecule has 3 rings (SSSR count). The smallest absolute Gasteiger partial charge is 0.328 e. The van der Waals surface area contributed by atoms with Gasteiger partial charge >= 0.3 is 5.97 Å². The predicted molar refractivity (Wildman–Crippen MR) is 92.8 cm³/mol. The maximum absolute atomic E-state index is 12.2. The van der Waals surface area contributed by atoms with Crippen molar-refractivity contribution in [1.29, 1.82) is 0 Å². The molecular formula is C17H18N6O3. The van der Waals surface area contributed by atoms with E-state index in [1.807, 2.05) is 31.2 Å². The van der Waals surface area contributed by atoms with Gasteiger partial charge in [0, 0.05) is 6.20 Å². The third kappa shape index (κ3) is 3.77. The number of nitrogens with zero attached hydrogens (tertiary/aromatic N) is 5. The third-order valence-corrected chi connectivity index (χ3v) is 3.95. The molecule has 0 radical (unpaired) electrons. The summed E-state index contributed by atoms with van der Waals surface area (Å²) in [6.45, 7) is 4.04. The minimum atomic E-state index is -1.03. The van der Waals surface area contributed by atoms with Crippen molar-refractivity contribution in [3.05, 3.63) is 59.7 Å². The number of nitrogens with one attached hydrogen (secondary N) is 1. The Labute approximate surface area is 149 Å². The first-order valence-electron chi connectivity index (χ1n) is 7.97. The van der Waals surface area contributed by atoms with E-state index < -0.39 is 17.9 Å². The van der Waals surface area contributed by atoms with Gasteiger partial charge in [0.1, 0.15) is 12.4 Å². The van der Waals surface area contributed by atoms with E-state index in [2.05, 4.69) is 20.5 Å². The monoisotopic (exact) mass is 354 g/mol. The Morgan fingerprint density at radius 3 is 2.73 bits per heavy atom. The van der Waals surface area contributed by atoms with E-state index in [-0.39, 0.29) is 11.6 Å². The maximum Gasteiger partial charge on any atom is 0.328 e. The van der Waals surface area contributed by atoms with Crippen LogP contribution in [-0.4, -0.2) is 41.5 Å². The molecule has 0 aliphatic carbocycles. The standard InChI is InChI=1S/C17H18N6O3/c1-11-5-3-4-6-13(11)9-22-10-18-17(21-22)19-15(24)14-7-8-23(20-14)12(2)16(25)26/h3-8,10,12H,9H2,1-2H3,(H,25,26)(H,19,21,24). The van der Waals surface area contributed by atoms with E-state index in [0.717, 1.165) is 11.1 Å². The average molecular weight is 354 g/mol. The Hall–Kier alpha value is -3.49. The van der Waals surface area contributed by atoms with E-state index in [1.165, 1.54) is 30.2 Å². The number of carboxylic acid groups (broad SMARTS) is 1. The molecule has 0 bridgehead atoms. The number of hydrogen-bond donors (Lipinski definition) is 2. The van der Waals surface area contributed by atoms with E-state index >= 15 is 0 Å². The summed E-state index contributed by atoms with van der Waals surface area (Å²) in [5, 5.41) is 19.7. The van der Waals surface area contributed by atoms with Crippen LogP contribution < -0.4 is 5.32 Å². The molecule has 134 valence electrons. The topological polar surface area (TPSA) is 115 Å². The van der Waals surface area contributed by atoms with Gasteiger partial charge in [-0.25, -0.2) is 14.5 Å². The molecule has 1 unspecified atom stereocenters. The molecule has 0 spiro atoms. The van der Waals surface area contributed by atoms with Gasteiger partial charge < -0.3 is 5.11 Å². The van der Waals surface area contributed by atoms with Gasteiger partial charge in [0.05, 0.1) is 6.54 Å². The van der Waals surface area contributed by atoms with Gasteiger partial charge in [0.25, 0.3) is 5.91 Å². The van der Waals surface area contributed by atoms with Crippen molar-refractivity contribution < 1.29 is 14.7 Å². The average Bonchev–Trinajstić information content (AvgIpc) is 3.26. The molecule has 0 saturated heterocycles. The zero-order valence-electron chi connectivity index (χ0n) is 14.3. The minimum Gasteiger partial charge on any atom is -0.480 e. The summed E-state index contributed by atoms with van der Waals surface area (Å²) in [7, 11) is 0. The van der Waals surface area contributed by atoms with Crippen LogP contribution in [0, 0.1) is 6.92 Å². The van der Waals surface area contributed by atoms with E-state index in [1.54, 1.807) is 4.68 Å². The van der Waals surface area contributed by atoms with Gasteiger partial charge in [-0.3, -0.25) is 14.8 Å². The summed E-state index contributed by atoms with van der Waals surface area (Å²) in [4.78, 5) is 27.2. The molecule has 0 fully saturated rings. The van der Waals surface area contributed by atoms with Crippen LogP contribution in [0.4, 0.5) is 5.95 Å². The zero-order chi connectivity index (χ0) is 18.7. The van der Waals surface area contributed by atoms with Crippen LogP contribution in [-0.2, 0) is 11.3 Å². The lowest BCUT2D eigenvalue weighted by molar-refractivity contribution is -0.140. The molecule has 0 saturated carbocycles. The highest BCUT2D eigenvalue weighted by atomic mass is 16.4. The molecule has 0 aliphatic rings. The summed E-state index contributed by atoms with van der Waals surface area (Å²) >= 11 is 0. The van der Waals surface area contributed by atoms with Gasteiger partial charge in [-0.1, -0.05) is 24.3 Å². The first-order chi connectivity index (χ1) is 12.4. The second-order valence-electron chi connectivity index (χ2n) is 5.84. The largest absolute Gasteiger partial charge is 0.480 e. The Bertz CT molecular complexity index is 945. The Kier molecular flexibility index (Phi) is 4.78. The molecule has 26 heavy (non-hydrogen) atoms. The summed E-state index contributed by atoms with van der Waals surface area (Å²) in [6, 6.07) is 8.53. The number of rotatable bonds is 6. The summed E-state index contributed by atoms with van der Waals surface area (Å²) in [5.41, 5.74) is 2.34. The third-order valence-electron chi connectivity index (χ3n) is 3.95. The second kappa shape index (κ2) is 7.18. The first kappa shape index (κ1) is 17.3. The van der Waals surface area contributed by atoms with Gasteiger partial charge in [0.15, 0.2) is 5.69 Å². The molecule has 2 aromatic heterocycles. The van der Waals surface area contributed by atoms with Gasteiger partial charge in [-0.15, -0.1) is 5.10 Å². The van der Waals surface area contributed by atoms with Gasteiger partial charge in [-0.05, 0) is 31.0 Å². The molecule has 3 aromatic rings. The van der Waals surface area contributed by atoms with Crippen molar-refractivity contribution in [2.45, 2.75) is 26.4 Å². The van der Waals surface area contributed by atoms with E-state index in [0.29, 0.717) is 6.54 Å². The normalized spacial score (nSPS) is 11.9. The summed E-state index contributed by atoms with van der Waals surface area (Å²) in [6.07, 6.45) is 2.98. The first-order valence-corrected chi connectivity index (χ1v) is 7.97. The number of benzene rings is 1. The minimum absolute atomic E-state index is 0.0911. The quantitative estimate of drug-likeness (QED) is 0.696. The highest BCUT2D eigenvalue weighted by Crippen LogP contribution is 2.10. The van der Waals surface area contributed by atoms with Gasteiger partial charge in [0.2, 0.25) is 5.95 Å². The van der Waals surface area contributed by atoms with Gasteiger partial charge in [-0.2, -0.15) is 5.10 Å². The lowest BCUT2D eigenvalue weighted by atomic mass is 10.1. The molecule has 1 aromatic carbocycles. The number of aromatic nitrogens is 5. The van der Waals surface area contributed by atoms with Crippen LogP contribution in [0.3, 0.4) is 0 Å². The summed E-state index contributed by atoms with van der Waals surface area (Å²) < 4.78 is 2.84. The number of aliphatic carboxylic acids is 1. The maximum atomic E-state index is 12.2. The molecule has 1 atom stereocenters. The van der Waals surface area contributed by atoms with E-state index in [9.17, 15) is 9.59 Å². The van der Waals surface area contributed by atoms with Crippen molar-refractivity contribution >= 4 is 17.8 Å². The number of carboxylic acids is 1. The van der Waals surface area contributed by atoms with Crippen LogP contribution in [0.5, 0.6) is 0 Å². The fourth-order valence-corrected chi connectivity index (χ4v) is 2.34. The van der Waals surface area contributed by atoms with Crippen molar-refractivity contribution in [2.75, 3.05) is 5.32 Å². The SMILES string of the molecule is Cc1ccccc1Cn1cnc(NC(=O)c2ccn(C(C)C(=O)O)n2)n1. The number of carbonyl (C=O) groups is 2. The van der Waals surface area contributed by atoms with Crippen molar-refractivity contribution in [2.24, 2.45) is 0 Å². The number of anilines is 1. The number of aryl methyl sites for hydroxylation is 1. The molecule has 9 nitrogen and oxygen atoms in total. The lowest BCUT2D eigenvalue weighted by Gasteiger charge is -2.05. The van der Waals surface area contributed by atoms with Crippen molar-refractivity contribution in [1.82, 2.24) is 24.5 Å². The molecular weight excluding hydrogens is 336 g/mol. The summed E-state index contributed by atoms with van der Waals surface area (Å²) in [5.74, 6) is -1.38. The fourth-order valence-electron chi connectivity index (χ4n) is 2.34. The molecule has 0 aliphatic heterocycles. The second-order valence-corrected chi connectivity index (χ2v) is 5.84. The van der Waals surface area contributed by atoms with E-state index in [4.69, 9.17) is 5.11 Å². The lowest BCUT2D eigenvalue weighted by Crippen LogP contribution is -2.18. The number of amides is 1. The highest BCUT2D eigenvalue weighted by molar-refractivity contribution is 6.01. The molecule has 2 N–H and O–H groups in total. The Balaban J connectivity index is 1.66. The highest BCUT2D eigenvalue weighted by Gasteiger charge is 2.17. The van der Waals surface area contributed by atoms with Crippen LogP contribution in [0.25, 0.3) is 0 Å². The molecule has 9 heteroatoms. The Morgan fingerprint density at radius 1 is 1.23 bits per heavy atom. The number of carbonyl (C=O) groups excluding carboxylic acids is 1. The van der Waals surface area contributed by atoms with Crippen molar-refractivity contribution in [3.8, 4) is 0 Å². The molecule has 2 heterocycles. The predicted octanol–water partition coefficient (Wildman–Crippen LogP) is 1.73. The Morgan fingerprint density at radius 2 is 2.00 bits per heavy atom. The van der Waals surface area contributed by atoms with Crippen LogP contribution in [0.15, 0.2) is 42.9 Å². The van der Waals surface area contributed by atoms with Crippen molar-refractivity contribution in [3.63, 3.8) is 0 Å². The van der Waals surface area contributed by atoms with Crippen LogP contribution >= 0.6 is 0 Å². The zero-order valence-corrected chi connectivity index (χ0v) is 14.3. The van der Waals surface area contributed by atoms with Crippen LogP contribution in [0.2, 0.25) is 0 Å².